The fourth-order valence-electron chi connectivity index (χ4n) is 2.73. The van der Waals surface area contributed by atoms with Crippen molar-refractivity contribution in [1.82, 2.24) is 20.4 Å². The van der Waals surface area contributed by atoms with Gasteiger partial charge in [-0.1, -0.05) is 25.9 Å². The number of aromatic nitrogens is 2. The van der Waals surface area contributed by atoms with E-state index in [0.717, 1.165) is 31.8 Å². The number of amides is 1. The first-order valence-electron chi connectivity index (χ1n) is 8.18. The molecular formula is C16H28N4O2. The highest BCUT2D eigenvalue weighted by atomic mass is 16.5. The van der Waals surface area contributed by atoms with Gasteiger partial charge >= 0.3 is 0 Å². The van der Waals surface area contributed by atoms with E-state index in [1.54, 1.807) is 0 Å². The van der Waals surface area contributed by atoms with Crippen LogP contribution in [0.4, 0.5) is 0 Å². The van der Waals surface area contributed by atoms with Gasteiger partial charge in [-0.15, -0.1) is 0 Å². The van der Waals surface area contributed by atoms with Crippen molar-refractivity contribution in [3.8, 4) is 0 Å². The fraction of sp³-hybridized carbons (Fsp3) is 0.812. The van der Waals surface area contributed by atoms with Crippen LogP contribution in [0.5, 0.6) is 0 Å². The Morgan fingerprint density at radius 1 is 1.41 bits per heavy atom. The Hall–Kier alpha value is -1.43. The van der Waals surface area contributed by atoms with Crippen molar-refractivity contribution < 1.29 is 9.32 Å². The summed E-state index contributed by atoms with van der Waals surface area (Å²) in [5.74, 6) is 1.73. The Kier molecular flexibility index (Phi) is 5.21. The second-order valence-corrected chi connectivity index (χ2v) is 7.09. The summed E-state index contributed by atoms with van der Waals surface area (Å²) in [6.45, 7) is 12.7. The molecule has 1 fully saturated rings. The van der Waals surface area contributed by atoms with Crippen molar-refractivity contribution in [2.24, 2.45) is 5.92 Å². The Bertz CT molecular complexity index is 498. The van der Waals surface area contributed by atoms with E-state index in [9.17, 15) is 4.79 Å². The first-order valence-corrected chi connectivity index (χ1v) is 8.18. The van der Waals surface area contributed by atoms with E-state index in [-0.39, 0.29) is 23.3 Å². The maximum Gasteiger partial charge on any atom is 0.243 e. The maximum atomic E-state index is 11.9. The molecule has 6 nitrogen and oxygen atoms in total. The lowest BCUT2D eigenvalue weighted by atomic mass is 9.95. The van der Waals surface area contributed by atoms with Crippen molar-refractivity contribution in [3.63, 3.8) is 0 Å². The number of rotatable bonds is 4. The average molecular weight is 308 g/mol. The van der Waals surface area contributed by atoms with Gasteiger partial charge in [0, 0.05) is 17.9 Å². The molecule has 2 rings (SSSR count). The van der Waals surface area contributed by atoms with Gasteiger partial charge in [0.1, 0.15) is 0 Å². The highest BCUT2D eigenvalue weighted by molar-refractivity contribution is 5.78. The number of piperidine rings is 1. The van der Waals surface area contributed by atoms with Crippen LogP contribution in [0.15, 0.2) is 4.52 Å². The van der Waals surface area contributed by atoms with Crippen LogP contribution in [-0.4, -0.2) is 40.6 Å². The summed E-state index contributed by atoms with van der Waals surface area (Å²) in [6, 6.07) is 0.0961. The predicted molar refractivity (Wildman–Crippen MR) is 84.4 cm³/mol. The van der Waals surface area contributed by atoms with Gasteiger partial charge in [-0.3, -0.25) is 9.69 Å². The monoisotopic (exact) mass is 308 g/mol. The molecule has 124 valence electrons. The normalized spacial score (nSPS) is 19.1. The van der Waals surface area contributed by atoms with E-state index >= 15 is 0 Å². The van der Waals surface area contributed by atoms with Crippen molar-refractivity contribution in [3.05, 3.63) is 11.7 Å². The maximum absolute atomic E-state index is 11.9. The van der Waals surface area contributed by atoms with Gasteiger partial charge < -0.3 is 9.84 Å². The first kappa shape index (κ1) is 16.9. The molecular weight excluding hydrogens is 280 g/mol. The summed E-state index contributed by atoms with van der Waals surface area (Å²) in [4.78, 5) is 18.7. The first-order chi connectivity index (χ1) is 10.3. The number of hydrogen-bond acceptors (Lipinski definition) is 5. The summed E-state index contributed by atoms with van der Waals surface area (Å²) in [5.41, 5.74) is -0.104. The Balaban J connectivity index is 1.93. The van der Waals surface area contributed by atoms with Crippen LogP contribution in [-0.2, 0) is 10.2 Å². The van der Waals surface area contributed by atoms with Crippen molar-refractivity contribution in [1.29, 1.82) is 0 Å². The highest BCUT2D eigenvalue weighted by Crippen LogP contribution is 2.27. The minimum Gasteiger partial charge on any atom is -0.356 e. The molecule has 0 spiro atoms. The minimum atomic E-state index is -0.104. The largest absolute Gasteiger partial charge is 0.356 e. The Morgan fingerprint density at radius 3 is 2.55 bits per heavy atom. The molecule has 0 aromatic carbocycles. The summed E-state index contributed by atoms with van der Waals surface area (Å²) < 4.78 is 5.44. The highest BCUT2D eigenvalue weighted by Gasteiger charge is 2.30. The van der Waals surface area contributed by atoms with Crippen LogP contribution in [0.3, 0.4) is 0 Å². The van der Waals surface area contributed by atoms with E-state index < -0.39 is 0 Å². The molecule has 0 unspecified atom stereocenters. The molecule has 6 heteroatoms. The predicted octanol–water partition coefficient (Wildman–Crippen LogP) is 2.28. The molecule has 0 radical (unpaired) electrons. The van der Waals surface area contributed by atoms with Crippen molar-refractivity contribution in [2.75, 3.05) is 19.6 Å². The Labute approximate surface area is 132 Å². The van der Waals surface area contributed by atoms with Gasteiger partial charge in [0.25, 0.3) is 0 Å². The van der Waals surface area contributed by atoms with Crippen LogP contribution < -0.4 is 5.32 Å². The van der Waals surface area contributed by atoms with Gasteiger partial charge in [-0.05, 0) is 39.8 Å². The molecule has 22 heavy (non-hydrogen) atoms. The van der Waals surface area contributed by atoms with E-state index in [2.05, 4.69) is 48.1 Å². The standard InChI is InChI=1S/C16H28N4O2/c1-6-17-13(21)12-7-9-20(10-8-12)11(2)14-18-15(19-22-14)16(3,4)5/h11-12H,6-10H2,1-5H3,(H,17,21)/t11-/m1/s1. The van der Waals surface area contributed by atoms with E-state index in [4.69, 9.17) is 4.52 Å². The van der Waals surface area contributed by atoms with Gasteiger partial charge in [0.2, 0.25) is 11.8 Å². The molecule has 1 aromatic heterocycles. The summed E-state index contributed by atoms with van der Waals surface area (Å²) in [6.07, 6.45) is 1.77. The smallest absolute Gasteiger partial charge is 0.243 e. The third kappa shape index (κ3) is 3.85. The minimum absolute atomic E-state index is 0.0961. The number of nitrogens with one attached hydrogen (secondary N) is 1. The van der Waals surface area contributed by atoms with Gasteiger partial charge in [-0.25, -0.2) is 0 Å². The van der Waals surface area contributed by atoms with Gasteiger partial charge in [-0.2, -0.15) is 4.98 Å². The lowest BCUT2D eigenvalue weighted by Crippen LogP contribution is -2.41. The molecule has 0 aliphatic carbocycles. The van der Waals surface area contributed by atoms with E-state index in [1.165, 1.54) is 0 Å². The molecule has 1 saturated heterocycles. The Morgan fingerprint density at radius 2 is 2.05 bits per heavy atom. The number of hydrogen-bond donors (Lipinski definition) is 1. The van der Waals surface area contributed by atoms with Crippen LogP contribution in [0.25, 0.3) is 0 Å². The summed E-state index contributed by atoms with van der Waals surface area (Å²) >= 11 is 0. The van der Waals surface area contributed by atoms with Crippen LogP contribution in [0, 0.1) is 5.92 Å². The summed E-state index contributed by atoms with van der Waals surface area (Å²) in [5, 5.41) is 7.01. The quantitative estimate of drug-likeness (QED) is 0.924. The van der Waals surface area contributed by atoms with Crippen LogP contribution in [0.1, 0.15) is 65.2 Å². The van der Waals surface area contributed by atoms with E-state index in [0.29, 0.717) is 12.4 Å². The molecule has 1 aliphatic rings. The number of likely N-dealkylation sites (tertiary alicyclic amines) is 1. The number of nitrogens with zero attached hydrogens (tertiary/aromatic N) is 3. The number of carbonyl (C=O) groups excluding carboxylic acids is 1. The topological polar surface area (TPSA) is 71.3 Å². The zero-order valence-corrected chi connectivity index (χ0v) is 14.3. The summed E-state index contributed by atoms with van der Waals surface area (Å²) in [7, 11) is 0. The lowest BCUT2D eigenvalue weighted by molar-refractivity contribution is -0.126. The molecule has 1 N–H and O–H groups in total. The van der Waals surface area contributed by atoms with E-state index in [1.807, 2.05) is 6.92 Å². The molecule has 0 saturated carbocycles. The van der Waals surface area contributed by atoms with Crippen LogP contribution >= 0.6 is 0 Å². The SMILES string of the molecule is CCNC(=O)C1CCN([C@H](C)c2nc(C(C)(C)C)no2)CC1. The lowest BCUT2D eigenvalue weighted by Gasteiger charge is -2.33. The second kappa shape index (κ2) is 6.77. The zero-order valence-electron chi connectivity index (χ0n) is 14.3. The van der Waals surface area contributed by atoms with Crippen molar-refractivity contribution >= 4 is 5.91 Å². The molecule has 1 atom stereocenters. The molecule has 1 amide bonds. The fourth-order valence-corrected chi connectivity index (χ4v) is 2.73. The average Bonchev–Trinajstić information content (AvgIpc) is 2.97. The molecule has 1 aromatic rings. The van der Waals surface area contributed by atoms with Crippen LogP contribution in [0.2, 0.25) is 0 Å². The molecule has 2 heterocycles. The third-order valence-corrected chi connectivity index (χ3v) is 4.27. The van der Waals surface area contributed by atoms with Gasteiger partial charge in [0.15, 0.2) is 5.82 Å². The zero-order chi connectivity index (χ0) is 16.3. The van der Waals surface area contributed by atoms with Crippen molar-refractivity contribution in [2.45, 2.75) is 58.9 Å². The number of carbonyl (C=O) groups is 1. The third-order valence-electron chi connectivity index (χ3n) is 4.27. The van der Waals surface area contributed by atoms with Gasteiger partial charge in [0.05, 0.1) is 6.04 Å². The molecule has 1 aliphatic heterocycles. The molecule has 0 bridgehead atoms. The second-order valence-electron chi connectivity index (χ2n) is 7.09.